The number of nitriles is 1. The van der Waals surface area contributed by atoms with Crippen molar-refractivity contribution < 1.29 is 22.9 Å². The van der Waals surface area contributed by atoms with Crippen molar-refractivity contribution in [3.05, 3.63) is 33.9 Å². The lowest BCUT2D eigenvalue weighted by molar-refractivity contribution is -0.388. The molecule has 2 rings (SSSR count). The van der Waals surface area contributed by atoms with E-state index in [1.165, 1.54) is 0 Å². The van der Waals surface area contributed by atoms with Gasteiger partial charge in [-0.05, 0) is 25.0 Å². The van der Waals surface area contributed by atoms with E-state index < -0.39 is 33.8 Å². The third-order valence-corrected chi connectivity index (χ3v) is 5.20. The molecule has 1 aromatic carbocycles. The second-order valence-corrected chi connectivity index (χ2v) is 7.05. The van der Waals surface area contributed by atoms with Crippen LogP contribution in [0.25, 0.3) is 0 Å². The summed E-state index contributed by atoms with van der Waals surface area (Å²) in [7, 11) is 0. The number of nitrogens with one attached hydrogen (secondary N) is 1. The van der Waals surface area contributed by atoms with E-state index in [1.807, 2.05) is 0 Å². The summed E-state index contributed by atoms with van der Waals surface area (Å²) in [4.78, 5) is 22.2. The molecule has 1 fully saturated rings. The van der Waals surface area contributed by atoms with Crippen LogP contribution in [0, 0.1) is 21.4 Å². The van der Waals surface area contributed by atoms with E-state index in [2.05, 4.69) is 11.4 Å². The summed E-state index contributed by atoms with van der Waals surface area (Å²) in [5.74, 6) is -0.706. The Hall–Kier alpha value is -2.28. The van der Waals surface area contributed by atoms with E-state index in [0.29, 0.717) is 18.9 Å². The number of benzene rings is 1. The second-order valence-electron chi connectivity index (χ2n) is 6.03. The van der Waals surface area contributed by atoms with E-state index in [9.17, 15) is 33.3 Å². The van der Waals surface area contributed by atoms with Gasteiger partial charge in [0.05, 0.1) is 27.2 Å². The molecule has 0 atom stereocenters. The Morgan fingerprint density at radius 1 is 1.35 bits per heavy atom. The van der Waals surface area contributed by atoms with Crippen LogP contribution >= 0.6 is 11.8 Å². The van der Waals surface area contributed by atoms with E-state index in [-0.39, 0.29) is 10.6 Å². The minimum absolute atomic E-state index is 0.0344. The third kappa shape index (κ3) is 4.88. The van der Waals surface area contributed by atoms with Crippen LogP contribution in [0.15, 0.2) is 23.1 Å². The van der Waals surface area contributed by atoms with Crippen molar-refractivity contribution in [3.63, 3.8) is 0 Å². The summed E-state index contributed by atoms with van der Waals surface area (Å²) < 4.78 is 38.1. The quantitative estimate of drug-likeness (QED) is 0.467. The Bertz CT molecular complexity index is 740. The summed E-state index contributed by atoms with van der Waals surface area (Å²) in [6.45, 7) is 0. The fourth-order valence-corrected chi connectivity index (χ4v) is 3.63. The number of halogens is 3. The molecule has 0 unspecified atom stereocenters. The molecule has 1 saturated carbocycles. The summed E-state index contributed by atoms with van der Waals surface area (Å²) in [5, 5.41) is 23.0. The molecule has 10 heteroatoms. The number of carbonyl (C=O) groups excluding carboxylic acids is 1. The molecule has 6 nitrogen and oxygen atoms in total. The smallest absolute Gasteiger partial charge is 0.337 e. The van der Waals surface area contributed by atoms with Crippen molar-refractivity contribution in [2.75, 3.05) is 5.75 Å². The molecule has 140 valence electrons. The molecule has 1 amide bonds. The van der Waals surface area contributed by atoms with Gasteiger partial charge in [-0.3, -0.25) is 14.9 Å². The van der Waals surface area contributed by atoms with Gasteiger partial charge in [0.25, 0.3) is 5.69 Å². The van der Waals surface area contributed by atoms with Gasteiger partial charge in [-0.1, -0.05) is 19.3 Å². The molecule has 0 heterocycles. The van der Waals surface area contributed by atoms with Crippen LogP contribution in [-0.2, 0) is 11.0 Å². The number of hydrogen-bond acceptors (Lipinski definition) is 5. The van der Waals surface area contributed by atoms with Gasteiger partial charge < -0.3 is 5.32 Å². The highest BCUT2D eigenvalue weighted by Crippen LogP contribution is 2.36. The van der Waals surface area contributed by atoms with Gasteiger partial charge in [0.15, 0.2) is 0 Å². The van der Waals surface area contributed by atoms with Gasteiger partial charge >= 0.3 is 6.18 Å². The molecule has 0 bridgehead atoms. The number of hydrogen-bond donors (Lipinski definition) is 1. The molecule has 1 aliphatic rings. The normalized spacial score (nSPS) is 16.5. The van der Waals surface area contributed by atoms with E-state index in [1.54, 1.807) is 0 Å². The van der Waals surface area contributed by atoms with Gasteiger partial charge in [-0.2, -0.15) is 18.4 Å². The van der Waals surface area contributed by atoms with E-state index >= 15 is 0 Å². The van der Waals surface area contributed by atoms with Crippen molar-refractivity contribution in [1.29, 1.82) is 5.26 Å². The maximum atomic E-state index is 12.7. The van der Waals surface area contributed by atoms with E-state index in [4.69, 9.17) is 0 Å². The topological polar surface area (TPSA) is 96.0 Å². The fraction of sp³-hybridized carbons (Fsp3) is 0.500. The van der Waals surface area contributed by atoms with Gasteiger partial charge in [-0.15, -0.1) is 11.8 Å². The molecule has 0 aliphatic heterocycles. The Balaban J connectivity index is 2.08. The van der Waals surface area contributed by atoms with Crippen molar-refractivity contribution in [3.8, 4) is 6.07 Å². The van der Waals surface area contributed by atoms with Gasteiger partial charge in [-0.25, -0.2) is 0 Å². The maximum Gasteiger partial charge on any atom is 0.416 e. The zero-order chi connectivity index (χ0) is 19.4. The Morgan fingerprint density at radius 2 is 2.00 bits per heavy atom. The monoisotopic (exact) mass is 387 g/mol. The van der Waals surface area contributed by atoms with Gasteiger partial charge in [0.2, 0.25) is 5.91 Å². The molecule has 0 saturated heterocycles. The summed E-state index contributed by atoms with van der Waals surface area (Å²) in [6.07, 6.45) is -0.964. The predicted octanol–water partition coefficient (Wildman–Crippen LogP) is 4.05. The first-order chi connectivity index (χ1) is 12.2. The molecule has 0 spiro atoms. The van der Waals surface area contributed by atoms with Crippen LogP contribution in [-0.4, -0.2) is 22.1 Å². The predicted molar refractivity (Wildman–Crippen MR) is 88.4 cm³/mol. The zero-order valence-corrected chi connectivity index (χ0v) is 14.5. The molecular formula is C16H16F3N3O3S. The number of nitro benzene ring substituents is 1. The molecule has 1 N–H and O–H groups in total. The van der Waals surface area contributed by atoms with Crippen molar-refractivity contribution in [1.82, 2.24) is 5.32 Å². The van der Waals surface area contributed by atoms with Crippen molar-refractivity contribution in [2.45, 2.75) is 48.7 Å². The van der Waals surface area contributed by atoms with E-state index in [0.717, 1.165) is 43.2 Å². The largest absolute Gasteiger partial charge is 0.416 e. The summed E-state index contributed by atoms with van der Waals surface area (Å²) >= 11 is 0.770. The molecule has 26 heavy (non-hydrogen) atoms. The van der Waals surface area contributed by atoms with Crippen LogP contribution in [0.5, 0.6) is 0 Å². The number of nitrogens with zero attached hydrogens (tertiary/aromatic N) is 2. The number of alkyl halides is 3. The second kappa shape index (κ2) is 7.95. The Labute approximate surface area is 151 Å². The number of amides is 1. The molecular weight excluding hydrogens is 371 g/mol. The van der Waals surface area contributed by atoms with Gasteiger partial charge in [0, 0.05) is 6.07 Å². The lowest BCUT2D eigenvalue weighted by Crippen LogP contribution is -2.49. The number of carbonyl (C=O) groups is 1. The highest BCUT2D eigenvalue weighted by atomic mass is 32.2. The van der Waals surface area contributed by atoms with Gasteiger partial charge in [0.1, 0.15) is 5.54 Å². The first-order valence-corrected chi connectivity index (χ1v) is 8.86. The molecule has 1 aromatic rings. The van der Waals surface area contributed by atoms with Crippen LogP contribution < -0.4 is 5.32 Å². The molecule has 0 aromatic heterocycles. The summed E-state index contributed by atoms with van der Waals surface area (Å²) in [5.41, 5.74) is -2.75. The Kier molecular flexibility index (Phi) is 6.13. The zero-order valence-electron chi connectivity index (χ0n) is 13.6. The number of thioether (sulfide) groups is 1. The Morgan fingerprint density at radius 3 is 2.54 bits per heavy atom. The van der Waals surface area contributed by atoms with Crippen LogP contribution in [0.4, 0.5) is 18.9 Å². The average molecular weight is 387 g/mol. The van der Waals surface area contributed by atoms with Crippen LogP contribution in [0.3, 0.4) is 0 Å². The summed E-state index contributed by atoms with van der Waals surface area (Å²) in [6, 6.07) is 4.31. The van der Waals surface area contributed by atoms with Crippen molar-refractivity contribution >= 4 is 23.4 Å². The average Bonchev–Trinajstić information content (AvgIpc) is 2.59. The SMILES string of the molecule is N#CC1(NC(=O)CSc2ccc(C(F)(F)F)cc2[N+](=O)[O-])CCCCC1. The van der Waals surface area contributed by atoms with Crippen LogP contribution in [0.2, 0.25) is 0 Å². The minimum atomic E-state index is -4.69. The highest BCUT2D eigenvalue weighted by Gasteiger charge is 2.35. The number of rotatable bonds is 5. The fourth-order valence-electron chi connectivity index (χ4n) is 2.82. The minimum Gasteiger partial charge on any atom is -0.337 e. The lowest BCUT2D eigenvalue weighted by atomic mass is 9.83. The standard InChI is InChI=1S/C16H16F3N3O3S/c17-16(18,19)11-4-5-13(12(8-11)22(24)25)26-9-14(23)21-15(10-20)6-2-1-3-7-15/h4-5,8H,1-3,6-7,9H2,(H,21,23). The highest BCUT2D eigenvalue weighted by molar-refractivity contribution is 8.00. The maximum absolute atomic E-state index is 12.7. The number of nitro groups is 1. The van der Waals surface area contributed by atoms with Crippen LogP contribution in [0.1, 0.15) is 37.7 Å². The first-order valence-electron chi connectivity index (χ1n) is 7.87. The first kappa shape index (κ1) is 20.0. The molecule has 1 aliphatic carbocycles. The van der Waals surface area contributed by atoms with Crippen molar-refractivity contribution in [2.24, 2.45) is 0 Å². The lowest BCUT2D eigenvalue weighted by Gasteiger charge is -2.31. The molecule has 0 radical (unpaired) electrons. The third-order valence-electron chi connectivity index (χ3n) is 4.14.